The molecule has 1 amide bonds. The van der Waals surface area contributed by atoms with Gasteiger partial charge in [0.05, 0.1) is 17.3 Å². The van der Waals surface area contributed by atoms with Crippen LogP contribution in [0.3, 0.4) is 0 Å². The van der Waals surface area contributed by atoms with Gasteiger partial charge in [-0.2, -0.15) is 5.10 Å². The third-order valence-electron chi connectivity index (χ3n) is 2.27. The quantitative estimate of drug-likeness (QED) is 0.472. The zero-order chi connectivity index (χ0) is 16.6. The van der Waals surface area contributed by atoms with E-state index in [1.807, 2.05) is 12.1 Å². The van der Waals surface area contributed by atoms with Crippen LogP contribution in [0.4, 0.5) is 4.79 Å². The number of nitrogens with one attached hydrogen (secondary N) is 1. The molecule has 0 radical (unpaired) electrons. The third-order valence-corrected chi connectivity index (χ3v) is 2.92. The summed E-state index contributed by atoms with van der Waals surface area (Å²) in [6, 6.07) is 5.49. The number of hydrogen-bond donors (Lipinski definition) is 1. The molecule has 1 N–H and O–H groups in total. The summed E-state index contributed by atoms with van der Waals surface area (Å²) in [5.41, 5.74) is 2.54. The van der Waals surface area contributed by atoms with Gasteiger partial charge < -0.3 is 14.2 Å². The lowest BCUT2D eigenvalue weighted by atomic mass is 10.2. The molecule has 0 unspecified atom stereocenters. The maximum Gasteiger partial charge on any atom is 0.428 e. The number of amides is 1. The van der Waals surface area contributed by atoms with Crippen molar-refractivity contribution in [2.75, 3.05) is 20.3 Å². The zero-order valence-electron chi connectivity index (χ0n) is 13.2. The summed E-state index contributed by atoms with van der Waals surface area (Å²) >= 11 is 3.41. The maximum atomic E-state index is 11.5. The van der Waals surface area contributed by atoms with E-state index in [0.29, 0.717) is 19.0 Å². The lowest BCUT2D eigenvalue weighted by molar-refractivity contribution is 0.0529. The van der Waals surface area contributed by atoms with Crippen molar-refractivity contribution in [3.63, 3.8) is 0 Å². The Morgan fingerprint density at radius 2 is 2.09 bits per heavy atom. The van der Waals surface area contributed by atoms with Crippen LogP contribution < -0.4 is 10.2 Å². The fourth-order valence-electron chi connectivity index (χ4n) is 1.41. The van der Waals surface area contributed by atoms with Gasteiger partial charge in [0.1, 0.15) is 18.0 Å². The molecule has 122 valence electrons. The smallest absolute Gasteiger partial charge is 0.428 e. The number of nitrogens with zero attached hydrogens (tertiary/aromatic N) is 1. The van der Waals surface area contributed by atoms with Gasteiger partial charge in [-0.15, -0.1) is 0 Å². The van der Waals surface area contributed by atoms with Crippen molar-refractivity contribution in [3.8, 4) is 5.75 Å². The number of hydrazone groups is 1. The molecule has 0 saturated carbocycles. The molecule has 7 heteroatoms. The predicted octanol–water partition coefficient (Wildman–Crippen LogP) is 3.33. The van der Waals surface area contributed by atoms with E-state index in [1.165, 1.54) is 6.21 Å². The molecule has 0 saturated heterocycles. The Morgan fingerprint density at radius 1 is 1.36 bits per heavy atom. The molecule has 0 heterocycles. The number of ether oxygens (including phenoxy) is 3. The molecular weight excluding hydrogens is 352 g/mol. The Kier molecular flexibility index (Phi) is 7.34. The fraction of sp³-hybridized carbons (Fsp3) is 0.467. The van der Waals surface area contributed by atoms with E-state index in [4.69, 9.17) is 14.2 Å². The SMILES string of the molecule is COCCOc1cc(/C=N/NC(=O)OC(C)(C)C)ccc1Br. The third kappa shape index (κ3) is 7.42. The average molecular weight is 373 g/mol. The molecule has 1 rings (SSSR count). The maximum absolute atomic E-state index is 11.5. The number of methoxy groups -OCH3 is 1. The van der Waals surface area contributed by atoms with Crippen LogP contribution in [0.1, 0.15) is 26.3 Å². The van der Waals surface area contributed by atoms with Gasteiger partial charge in [-0.3, -0.25) is 0 Å². The lowest BCUT2D eigenvalue weighted by Gasteiger charge is -2.18. The molecule has 22 heavy (non-hydrogen) atoms. The minimum Gasteiger partial charge on any atom is -0.490 e. The van der Waals surface area contributed by atoms with Crippen molar-refractivity contribution in [2.45, 2.75) is 26.4 Å². The highest BCUT2D eigenvalue weighted by Crippen LogP contribution is 2.25. The van der Waals surface area contributed by atoms with Crippen LogP contribution in [0.5, 0.6) is 5.75 Å². The van der Waals surface area contributed by atoms with Crippen LogP contribution in [-0.4, -0.2) is 38.2 Å². The topological polar surface area (TPSA) is 69.2 Å². The second-order valence-corrected chi connectivity index (χ2v) is 6.26. The molecule has 0 spiro atoms. The normalized spacial score (nSPS) is 11.5. The molecule has 6 nitrogen and oxygen atoms in total. The van der Waals surface area contributed by atoms with Crippen molar-refractivity contribution in [1.29, 1.82) is 0 Å². The first-order valence-electron chi connectivity index (χ1n) is 6.75. The summed E-state index contributed by atoms with van der Waals surface area (Å²) in [7, 11) is 1.61. The molecule has 0 aromatic heterocycles. The monoisotopic (exact) mass is 372 g/mol. The molecule has 0 bridgehead atoms. The van der Waals surface area contributed by atoms with Crippen LogP contribution in [0.2, 0.25) is 0 Å². The van der Waals surface area contributed by atoms with Gasteiger partial charge in [-0.25, -0.2) is 10.2 Å². The molecule has 1 aromatic rings. The molecular formula is C15H21BrN2O4. The number of carbonyl (C=O) groups excluding carboxylic acids is 1. The molecule has 0 aliphatic heterocycles. The number of carbonyl (C=O) groups is 1. The summed E-state index contributed by atoms with van der Waals surface area (Å²) in [4.78, 5) is 11.5. The first-order chi connectivity index (χ1) is 10.3. The Labute approximate surface area is 139 Å². The number of hydrogen-bond acceptors (Lipinski definition) is 5. The van der Waals surface area contributed by atoms with Gasteiger partial charge in [0.2, 0.25) is 0 Å². The number of benzene rings is 1. The molecule has 0 atom stereocenters. The highest BCUT2D eigenvalue weighted by molar-refractivity contribution is 9.10. The van der Waals surface area contributed by atoms with Crippen molar-refractivity contribution in [2.24, 2.45) is 5.10 Å². The zero-order valence-corrected chi connectivity index (χ0v) is 14.8. The fourth-order valence-corrected chi connectivity index (χ4v) is 1.77. The Bertz CT molecular complexity index is 527. The average Bonchev–Trinajstić information content (AvgIpc) is 2.40. The summed E-state index contributed by atoms with van der Waals surface area (Å²) in [5.74, 6) is 0.679. The molecule has 0 fully saturated rings. The summed E-state index contributed by atoms with van der Waals surface area (Å²) in [6.07, 6.45) is 0.914. The Hall–Kier alpha value is -1.60. The summed E-state index contributed by atoms with van der Waals surface area (Å²) in [6.45, 7) is 6.31. The Balaban J connectivity index is 2.60. The summed E-state index contributed by atoms with van der Waals surface area (Å²) in [5, 5.41) is 3.85. The Morgan fingerprint density at radius 3 is 2.73 bits per heavy atom. The van der Waals surface area contributed by atoms with Crippen molar-refractivity contribution < 1.29 is 19.0 Å². The van der Waals surface area contributed by atoms with Gasteiger partial charge in [0.15, 0.2) is 0 Å². The van der Waals surface area contributed by atoms with Crippen LogP contribution in [-0.2, 0) is 9.47 Å². The van der Waals surface area contributed by atoms with Crippen LogP contribution in [0.25, 0.3) is 0 Å². The van der Waals surface area contributed by atoms with E-state index >= 15 is 0 Å². The largest absolute Gasteiger partial charge is 0.490 e. The van der Waals surface area contributed by atoms with Crippen LogP contribution in [0, 0.1) is 0 Å². The van der Waals surface area contributed by atoms with E-state index < -0.39 is 11.7 Å². The summed E-state index contributed by atoms with van der Waals surface area (Å²) < 4.78 is 16.4. The van der Waals surface area contributed by atoms with Gasteiger partial charge in [-0.05, 0) is 54.4 Å². The van der Waals surface area contributed by atoms with Gasteiger partial charge in [-0.1, -0.05) is 6.07 Å². The van der Waals surface area contributed by atoms with Gasteiger partial charge >= 0.3 is 6.09 Å². The van der Waals surface area contributed by atoms with Crippen molar-refractivity contribution >= 4 is 28.2 Å². The standard InChI is InChI=1S/C15H21BrN2O4/c1-15(2,3)22-14(19)18-17-10-11-5-6-12(16)13(9-11)21-8-7-20-4/h5-6,9-10H,7-8H2,1-4H3,(H,18,19)/b17-10+. The highest BCUT2D eigenvalue weighted by atomic mass is 79.9. The predicted molar refractivity (Wildman–Crippen MR) is 88.5 cm³/mol. The second-order valence-electron chi connectivity index (χ2n) is 5.40. The van der Waals surface area contributed by atoms with E-state index in [-0.39, 0.29) is 0 Å². The van der Waals surface area contributed by atoms with E-state index in [1.54, 1.807) is 33.9 Å². The first kappa shape index (κ1) is 18.4. The van der Waals surface area contributed by atoms with Crippen LogP contribution in [0.15, 0.2) is 27.8 Å². The first-order valence-corrected chi connectivity index (χ1v) is 7.54. The van der Waals surface area contributed by atoms with Gasteiger partial charge in [0.25, 0.3) is 0 Å². The minimum atomic E-state index is -0.600. The number of halogens is 1. The minimum absolute atomic E-state index is 0.450. The second kappa shape index (κ2) is 8.75. The van der Waals surface area contributed by atoms with E-state index in [0.717, 1.165) is 10.0 Å². The van der Waals surface area contributed by atoms with E-state index in [2.05, 4.69) is 26.5 Å². The molecule has 1 aromatic carbocycles. The van der Waals surface area contributed by atoms with Crippen LogP contribution >= 0.6 is 15.9 Å². The number of rotatable bonds is 6. The lowest BCUT2D eigenvalue weighted by Crippen LogP contribution is -2.29. The molecule has 0 aliphatic rings. The van der Waals surface area contributed by atoms with Crippen molar-refractivity contribution in [1.82, 2.24) is 5.43 Å². The van der Waals surface area contributed by atoms with Crippen molar-refractivity contribution in [3.05, 3.63) is 28.2 Å². The van der Waals surface area contributed by atoms with Gasteiger partial charge in [0, 0.05) is 7.11 Å². The highest BCUT2D eigenvalue weighted by Gasteiger charge is 2.15. The van der Waals surface area contributed by atoms with E-state index in [9.17, 15) is 4.79 Å². The molecule has 0 aliphatic carbocycles.